The Labute approximate surface area is 207 Å². The van der Waals surface area contributed by atoms with Crippen molar-refractivity contribution in [3.8, 4) is 0 Å². The van der Waals surface area contributed by atoms with Gasteiger partial charge in [-0.05, 0) is 69.1 Å². The summed E-state index contributed by atoms with van der Waals surface area (Å²) in [5, 5.41) is 6.85. The fourth-order valence-corrected chi connectivity index (χ4v) is 4.35. The first-order chi connectivity index (χ1) is 15.2. The number of furan rings is 1. The van der Waals surface area contributed by atoms with Crippen LogP contribution in [0.2, 0.25) is 0 Å². The van der Waals surface area contributed by atoms with Crippen molar-refractivity contribution in [2.45, 2.75) is 45.2 Å². The topological polar surface area (TPSA) is 73.1 Å². The van der Waals surface area contributed by atoms with Crippen LogP contribution in [0.1, 0.15) is 50.0 Å². The minimum atomic E-state index is 0. The van der Waals surface area contributed by atoms with Gasteiger partial charge in [0.05, 0.1) is 18.8 Å². The van der Waals surface area contributed by atoms with E-state index in [0.29, 0.717) is 13.0 Å². The highest BCUT2D eigenvalue weighted by Gasteiger charge is 2.25. The van der Waals surface area contributed by atoms with E-state index in [4.69, 9.17) is 9.41 Å². The van der Waals surface area contributed by atoms with Crippen LogP contribution in [0.25, 0.3) is 0 Å². The predicted molar refractivity (Wildman–Crippen MR) is 139 cm³/mol. The van der Waals surface area contributed by atoms with Crippen molar-refractivity contribution in [2.24, 2.45) is 4.99 Å². The standard InChI is InChI=1S/C24H33N5O2.HI/c1-2-25-24(27-18-21(22-7-6-16-31-22)28-13-3-4-14-28)26-17-19-9-11-20(12-10-19)29-15-5-8-23(29)30;/h6-7,9-12,16,21H,2-5,8,13-15,17-18H2,1H3,(H2,25,26,27);1H. The van der Waals surface area contributed by atoms with Gasteiger partial charge >= 0.3 is 0 Å². The molecule has 1 amide bonds. The number of amides is 1. The van der Waals surface area contributed by atoms with Gasteiger partial charge in [-0.3, -0.25) is 9.69 Å². The maximum Gasteiger partial charge on any atom is 0.227 e. The summed E-state index contributed by atoms with van der Waals surface area (Å²) in [6.45, 7) is 7.23. The second-order valence-electron chi connectivity index (χ2n) is 8.17. The van der Waals surface area contributed by atoms with Crippen molar-refractivity contribution in [3.05, 3.63) is 54.0 Å². The number of aliphatic imine (C=N–C) groups is 1. The number of rotatable bonds is 8. The molecule has 2 N–H and O–H groups in total. The summed E-state index contributed by atoms with van der Waals surface area (Å²) in [6.07, 6.45) is 5.82. The summed E-state index contributed by atoms with van der Waals surface area (Å²) in [5.74, 6) is 2.02. The van der Waals surface area contributed by atoms with Crippen LogP contribution in [0.4, 0.5) is 5.69 Å². The maximum atomic E-state index is 11.9. The minimum Gasteiger partial charge on any atom is -0.468 e. The summed E-state index contributed by atoms with van der Waals surface area (Å²) in [5.41, 5.74) is 2.10. The van der Waals surface area contributed by atoms with Gasteiger partial charge in [-0.15, -0.1) is 24.0 Å². The Hall–Kier alpha value is -2.07. The molecule has 2 aliphatic heterocycles. The van der Waals surface area contributed by atoms with E-state index in [1.54, 1.807) is 6.26 Å². The summed E-state index contributed by atoms with van der Waals surface area (Å²) in [7, 11) is 0. The third kappa shape index (κ3) is 6.25. The number of carbonyl (C=O) groups is 1. The normalized spacial score (nSPS) is 18.0. The number of carbonyl (C=O) groups excluding carboxylic acids is 1. The van der Waals surface area contributed by atoms with Gasteiger partial charge in [0.1, 0.15) is 5.76 Å². The van der Waals surface area contributed by atoms with Crippen LogP contribution in [-0.2, 0) is 11.3 Å². The average molecular weight is 551 g/mol. The zero-order valence-electron chi connectivity index (χ0n) is 18.8. The number of guanidine groups is 1. The lowest BCUT2D eigenvalue weighted by Crippen LogP contribution is -2.42. The number of halogens is 1. The van der Waals surface area contributed by atoms with Crippen LogP contribution < -0.4 is 15.5 Å². The van der Waals surface area contributed by atoms with E-state index in [9.17, 15) is 4.79 Å². The summed E-state index contributed by atoms with van der Waals surface area (Å²) in [4.78, 5) is 21.0. The van der Waals surface area contributed by atoms with Crippen LogP contribution in [-0.4, -0.2) is 49.5 Å². The number of benzene rings is 1. The van der Waals surface area contributed by atoms with Gasteiger partial charge in [-0.25, -0.2) is 4.99 Å². The summed E-state index contributed by atoms with van der Waals surface area (Å²) in [6, 6.07) is 12.4. The lowest BCUT2D eigenvalue weighted by Gasteiger charge is -2.26. The monoisotopic (exact) mass is 551 g/mol. The van der Waals surface area contributed by atoms with Gasteiger partial charge < -0.3 is 20.0 Å². The van der Waals surface area contributed by atoms with Crippen molar-refractivity contribution >= 4 is 41.5 Å². The first kappa shape index (κ1) is 24.6. The van der Waals surface area contributed by atoms with Gasteiger partial charge in [0.15, 0.2) is 5.96 Å². The van der Waals surface area contributed by atoms with Crippen molar-refractivity contribution in [3.63, 3.8) is 0 Å². The molecule has 2 fully saturated rings. The number of nitrogens with zero attached hydrogens (tertiary/aromatic N) is 3. The smallest absolute Gasteiger partial charge is 0.227 e. The molecule has 174 valence electrons. The number of likely N-dealkylation sites (tertiary alicyclic amines) is 1. The van der Waals surface area contributed by atoms with Gasteiger partial charge in [0.25, 0.3) is 0 Å². The molecule has 0 aliphatic carbocycles. The van der Waals surface area contributed by atoms with Crippen LogP contribution in [0.5, 0.6) is 0 Å². The third-order valence-electron chi connectivity index (χ3n) is 6.00. The third-order valence-corrected chi connectivity index (χ3v) is 6.00. The number of hydrogen-bond acceptors (Lipinski definition) is 4. The summed E-state index contributed by atoms with van der Waals surface area (Å²) < 4.78 is 5.72. The predicted octanol–water partition coefficient (Wildman–Crippen LogP) is 3.92. The molecule has 0 spiro atoms. The van der Waals surface area contributed by atoms with E-state index < -0.39 is 0 Å². The second kappa shape index (κ2) is 12.2. The number of anilines is 1. The Balaban J connectivity index is 0.00000289. The fraction of sp³-hybridized carbons (Fsp3) is 0.500. The Bertz CT molecular complexity index is 863. The molecule has 4 rings (SSSR count). The highest BCUT2D eigenvalue weighted by Crippen LogP contribution is 2.25. The molecule has 0 bridgehead atoms. The zero-order valence-corrected chi connectivity index (χ0v) is 21.1. The minimum absolute atomic E-state index is 0. The molecule has 7 nitrogen and oxygen atoms in total. The van der Waals surface area contributed by atoms with E-state index in [0.717, 1.165) is 62.1 Å². The Morgan fingerprint density at radius 1 is 1.09 bits per heavy atom. The van der Waals surface area contributed by atoms with E-state index in [1.165, 1.54) is 12.8 Å². The van der Waals surface area contributed by atoms with E-state index in [-0.39, 0.29) is 35.9 Å². The Morgan fingerprint density at radius 2 is 1.88 bits per heavy atom. The molecule has 32 heavy (non-hydrogen) atoms. The SMILES string of the molecule is CCNC(=NCc1ccc(N2CCCC2=O)cc1)NCC(c1ccco1)N1CCCC1.I. The van der Waals surface area contributed by atoms with Crippen LogP contribution >= 0.6 is 24.0 Å². The van der Waals surface area contributed by atoms with Crippen molar-refractivity contribution in [1.82, 2.24) is 15.5 Å². The highest BCUT2D eigenvalue weighted by molar-refractivity contribution is 14.0. The molecule has 0 saturated carbocycles. The molecule has 0 radical (unpaired) electrons. The Morgan fingerprint density at radius 3 is 2.50 bits per heavy atom. The summed E-state index contributed by atoms with van der Waals surface area (Å²) >= 11 is 0. The second-order valence-corrected chi connectivity index (χ2v) is 8.17. The zero-order chi connectivity index (χ0) is 21.5. The van der Waals surface area contributed by atoms with Crippen molar-refractivity contribution in [2.75, 3.05) is 37.6 Å². The molecule has 1 aromatic carbocycles. The lowest BCUT2D eigenvalue weighted by atomic mass is 10.2. The van der Waals surface area contributed by atoms with E-state index in [2.05, 4.69) is 40.7 Å². The van der Waals surface area contributed by atoms with Gasteiger partial charge in [-0.2, -0.15) is 0 Å². The largest absolute Gasteiger partial charge is 0.468 e. The van der Waals surface area contributed by atoms with E-state index in [1.807, 2.05) is 23.1 Å². The molecule has 1 atom stereocenters. The molecule has 1 aromatic heterocycles. The molecule has 3 heterocycles. The highest BCUT2D eigenvalue weighted by atomic mass is 127. The van der Waals surface area contributed by atoms with E-state index >= 15 is 0 Å². The molecular formula is C24H34IN5O2. The van der Waals surface area contributed by atoms with Gasteiger partial charge in [-0.1, -0.05) is 12.1 Å². The first-order valence-corrected chi connectivity index (χ1v) is 11.4. The van der Waals surface area contributed by atoms with Crippen LogP contribution in [0.3, 0.4) is 0 Å². The van der Waals surface area contributed by atoms with Gasteiger partial charge in [0, 0.05) is 31.7 Å². The first-order valence-electron chi connectivity index (χ1n) is 11.4. The fourth-order valence-electron chi connectivity index (χ4n) is 4.35. The number of hydrogen-bond donors (Lipinski definition) is 2. The maximum absolute atomic E-state index is 11.9. The molecule has 2 aromatic rings. The molecule has 2 saturated heterocycles. The van der Waals surface area contributed by atoms with Gasteiger partial charge in [0.2, 0.25) is 5.91 Å². The Kier molecular flexibility index (Phi) is 9.40. The van der Waals surface area contributed by atoms with Crippen LogP contribution in [0, 0.1) is 0 Å². The van der Waals surface area contributed by atoms with Crippen molar-refractivity contribution in [1.29, 1.82) is 0 Å². The average Bonchev–Trinajstić information content (AvgIpc) is 3.56. The molecule has 2 aliphatic rings. The molecule has 8 heteroatoms. The van der Waals surface area contributed by atoms with Crippen molar-refractivity contribution < 1.29 is 9.21 Å². The quantitative estimate of drug-likeness (QED) is 0.296. The van der Waals surface area contributed by atoms with Crippen LogP contribution in [0.15, 0.2) is 52.1 Å². The molecule has 1 unspecified atom stereocenters. The number of nitrogens with one attached hydrogen (secondary N) is 2. The lowest BCUT2D eigenvalue weighted by molar-refractivity contribution is -0.117. The molecular weight excluding hydrogens is 517 g/mol.